The Morgan fingerprint density at radius 2 is 1.83 bits per heavy atom. The third-order valence-electron chi connectivity index (χ3n) is 3.67. The first kappa shape index (κ1) is 16.9. The number of cyclic esters (lactones) is 1. The molecule has 7 heteroatoms. The Morgan fingerprint density at radius 3 is 2.42 bits per heavy atom. The Labute approximate surface area is 149 Å². The van der Waals surface area contributed by atoms with Gasteiger partial charge in [0.15, 0.2) is 0 Å². The van der Waals surface area contributed by atoms with Gasteiger partial charge < -0.3 is 14.6 Å². The molecule has 0 bridgehead atoms. The number of anilines is 1. The first-order valence-electron chi connectivity index (χ1n) is 7.33. The summed E-state index contributed by atoms with van der Waals surface area (Å²) in [5, 5.41) is 10.2. The summed E-state index contributed by atoms with van der Waals surface area (Å²) in [6.07, 6.45) is -0.957. The SMILES string of the molecule is O=C1O[C@@H](CO)CN1c1ccc(OCc2c(Cl)cccc2Cl)cc1. The number of aliphatic hydroxyl groups is 1. The number of benzene rings is 2. The zero-order chi connectivity index (χ0) is 17.1. The van der Waals surface area contributed by atoms with Crippen molar-refractivity contribution in [2.75, 3.05) is 18.1 Å². The fourth-order valence-electron chi connectivity index (χ4n) is 2.38. The van der Waals surface area contributed by atoms with Gasteiger partial charge in [-0.05, 0) is 36.4 Å². The van der Waals surface area contributed by atoms with Crippen LogP contribution in [0.3, 0.4) is 0 Å². The van der Waals surface area contributed by atoms with Crippen LogP contribution in [0.5, 0.6) is 5.75 Å². The molecule has 0 saturated carbocycles. The minimum Gasteiger partial charge on any atom is -0.489 e. The van der Waals surface area contributed by atoms with Crippen LogP contribution in [-0.4, -0.2) is 30.5 Å². The molecule has 1 amide bonds. The van der Waals surface area contributed by atoms with Crippen LogP contribution in [0.25, 0.3) is 0 Å². The molecular formula is C17H15Cl2NO4. The molecule has 0 radical (unpaired) electrons. The summed E-state index contributed by atoms with van der Waals surface area (Å²) in [6.45, 7) is 0.378. The van der Waals surface area contributed by atoms with Crippen molar-refractivity contribution in [2.24, 2.45) is 0 Å². The number of carbonyl (C=O) groups excluding carboxylic acids is 1. The third-order valence-corrected chi connectivity index (χ3v) is 4.38. The van der Waals surface area contributed by atoms with Gasteiger partial charge in [-0.15, -0.1) is 0 Å². The predicted octanol–water partition coefficient (Wildman–Crippen LogP) is 3.89. The highest BCUT2D eigenvalue weighted by molar-refractivity contribution is 6.35. The van der Waals surface area contributed by atoms with Crippen LogP contribution in [0.2, 0.25) is 10.0 Å². The van der Waals surface area contributed by atoms with Crippen LogP contribution in [0.1, 0.15) is 5.56 Å². The highest BCUT2D eigenvalue weighted by atomic mass is 35.5. The number of hydrogen-bond acceptors (Lipinski definition) is 4. The molecule has 0 unspecified atom stereocenters. The van der Waals surface area contributed by atoms with Crippen molar-refractivity contribution < 1.29 is 19.4 Å². The van der Waals surface area contributed by atoms with Gasteiger partial charge in [0.05, 0.1) is 13.2 Å². The van der Waals surface area contributed by atoms with Crippen molar-refractivity contribution >= 4 is 35.0 Å². The van der Waals surface area contributed by atoms with Gasteiger partial charge >= 0.3 is 6.09 Å². The molecule has 126 valence electrons. The summed E-state index contributed by atoms with van der Waals surface area (Å²) in [5.41, 5.74) is 1.40. The van der Waals surface area contributed by atoms with Crippen LogP contribution >= 0.6 is 23.2 Å². The zero-order valence-electron chi connectivity index (χ0n) is 12.6. The number of hydrogen-bond donors (Lipinski definition) is 1. The third kappa shape index (κ3) is 3.59. The second-order valence-electron chi connectivity index (χ2n) is 5.28. The van der Waals surface area contributed by atoms with Crippen LogP contribution in [0.15, 0.2) is 42.5 Å². The Morgan fingerprint density at radius 1 is 1.17 bits per heavy atom. The van der Waals surface area contributed by atoms with E-state index in [-0.39, 0.29) is 13.2 Å². The summed E-state index contributed by atoms with van der Waals surface area (Å²) in [7, 11) is 0. The topological polar surface area (TPSA) is 59.0 Å². The number of nitrogens with zero attached hydrogens (tertiary/aromatic N) is 1. The van der Waals surface area contributed by atoms with Gasteiger partial charge in [0.1, 0.15) is 18.5 Å². The molecule has 3 rings (SSSR count). The number of amides is 1. The molecule has 1 saturated heterocycles. The molecule has 1 aliphatic heterocycles. The minimum atomic E-state index is -0.490. The average Bonchev–Trinajstić information content (AvgIpc) is 2.96. The lowest BCUT2D eigenvalue weighted by Gasteiger charge is -2.14. The Kier molecular flexibility index (Phi) is 5.14. The van der Waals surface area contributed by atoms with E-state index in [4.69, 9.17) is 37.8 Å². The molecule has 1 aliphatic rings. The van der Waals surface area contributed by atoms with Gasteiger partial charge in [0, 0.05) is 21.3 Å². The molecule has 0 spiro atoms. The zero-order valence-corrected chi connectivity index (χ0v) is 14.1. The monoisotopic (exact) mass is 367 g/mol. The summed E-state index contributed by atoms with van der Waals surface area (Å²) in [6, 6.07) is 12.3. The van der Waals surface area contributed by atoms with E-state index in [9.17, 15) is 4.79 Å². The maximum absolute atomic E-state index is 11.7. The maximum atomic E-state index is 11.7. The second kappa shape index (κ2) is 7.30. The molecule has 1 heterocycles. The van der Waals surface area contributed by atoms with Crippen molar-refractivity contribution in [1.29, 1.82) is 0 Å². The number of ether oxygens (including phenoxy) is 2. The van der Waals surface area contributed by atoms with Crippen molar-refractivity contribution in [3.05, 3.63) is 58.1 Å². The van der Waals surface area contributed by atoms with Crippen LogP contribution in [0, 0.1) is 0 Å². The smallest absolute Gasteiger partial charge is 0.414 e. The van der Waals surface area contributed by atoms with Crippen LogP contribution in [-0.2, 0) is 11.3 Å². The fraction of sp³-hybridized carbons (Fsp3) is 0.235. The molecule has 2 aromatic rings. The van der Waals surface area contributed by atoms with E-state index < -0.39 is 12.2 Å². The first-order chi connectivity index (χ1) is 11.6. The number of aliphatic hydroxyl groups excluding tert-OH is 1. The van der Waals surface area contributed by atoms with E-state index in [1.807, 2.05) is 0 Å². The highest BCUT2D eigenvalue weighted by Gasteiger charge is 2.31. The second-order valence-corrected chi connectivity index (χ2v) is 6.10. The molecule has 1 atom stereocenters. The van der Waals surface area contributed by atoms with Gasteiger partial charge in [-0.2, -0.15) is 0 Å². The van der Waals surface area contributed by atoms with E-state index in [0.29, 0.717) is 28.0 Å². The van der Waals surface area contributed by atoms with Crippen LogP contribution < -0.4 is 9.64 Å². The minimum absolute atomic E-state index is 0.192. The molecule has 0 aromatic heterocycles. The number of carbonyl (C=O) groups is 1. The van der Waals surface area contributed by atoms with E-state index in [1.54, 1.807) is 42.5 Å². The van der Waals surface area contributed by atoms with Crippen molar-refractivity contribution in [3.8, 4) is 5.75 Å². The molecule has 1 fully saturated rings. The molecule has 1 N–H and O–H groups in total. The Bertz CT molecular complexity index is 716. The van der Waals surface area contributed by atoms with Gasteiger partial charge in [0.2, 0.25) is 0 Å². The van der Waals surface area contributed by atoms with Crippen LogP contribution in [0.4, 0.5) is 10.5 Å². The number of halogens is 2. The molecule has 2 aromatic carbocycles. The van der Waals surface area contributed by atoms with Gasteiger partial charge in [-0.3, -0.25) is 4.90 Å². The standard InChI is InChI=1S/C17H15Cl2NO4/c18-15-2-1-3-16(19)14(15)10-23-12-6-4-11(5-7-12)20-8-13(9-21)24-17(20)22/h1-7,13,21H,8-10H2/t13-/m1/s1. The van der Waals surface area contributed by atoms with Crippen molar-refractivity contribution in [1.82, 2.24) is 0 Å². The van der Waals surface area contributed by atoms with E-state index >= 15 is 0 Å². The van der Waals surface area contributed by atoms with Crippen molar-refractivity contribution in [2.45, 2.75) is 12.7 Å². The average molecular weight is 368 g/mol. The quantitative estimate of drug-likeness (QED) is 0.870. The lowest BCUT2D eigenvalue weighted by Crippen LogP contribution is -2.25. The lowest BCUT2D eigenvalue weighted by atomic mass is 10.2. The molecule has 5 nitrogen and oxygen atoms in total. The normalized spacial score (nSPS) is 17.0. The molecular weight excluding hydrogens is 353 g/mol. The van der Waals surface area contributed by atoms with E-state index in [2.05, 4.69) is 0 Å². The van der Waals surface area contributed by atoms with Gasteiger partial charge in [0.25, 0.3) is 0 Å². The van der Waals surface area contributed by atoms with Gasteiger partial charge in [-0.1, -0.05) is 29.3 Å². The van der Waals surface area contributed by atoms with E-state index in [0.717, 1.165) is 5.56 Å². The Hall–Kier alpha value is -1.95. The highest BCUT2D eigenvalue weighted by Crippen LogP contribution is 2.27. The summed E-state index contributed by atoms with van der Waals surface area (Å²) in [4.78, 5) is 13.2. The van der Waals surface area contributed by atoms with Gasteiger partial charge in [-0.25, -0.2) is 4.79 Å². The first-order valence-corrected chi connectivity index (χ1v) is 8.09. The Balaban J connectivity index is 1.66. The summed E-state index contributed by atoms with van der Waals surface area (Å²) < 4.78 is 10.7. The number of rotatable bonds is 5. The lowest BCUT2D eigenvalue weighted by molar-refractivity contribution is 0.0963. The fourth-order valence-corrected chi connectivity index (χ4v) is 2.88. The summed E-state index contributed by atoms with van der Waals surface area (Å²) >= 11 is 12.2. The molecule has 24 heavy (non-hydrogen) atoms. The molecule has 0 aliphatic carbocycles. The van der Waals surface area contributed by atoms with Crippen molar-refractivity contribution in [3.63, 3.8) is 0 Å². The van der Waals surface area contributed by atoms with E-state index in [1.165, 1.54) is 4.90 Å². The summed E-state index contributed by atoms with van der Waals surface area (Å²) in [5.74, 6) is 0.626. The predicted molar refractivity (Wildman–Crippen MR) is 91.9 cm³/mol. The maximum Gasteiger partial charge on any atom is 0.414 e. The largest absolute Gasteiger partial charge is 0.489 e.